The first-order valence-electron chi connectivity index (χ1n) is 11.1. The van der Waals surface area contributed by atoms with Crippen LogP contribution in [0.25, 0.3) is 5.76 Å². The van der Waals surface area contributed by atoms with Crippen LogP contribution in [0.15, 0.2) is 60.2 Å². The number of thiazole rings is 1. The monoisotopic (exact) mass is 492 g/mol. The van der Waals surface area contributed by atoms with Crippen LogP contribution >= 0.6 is 11.3 Å². The molecule has 0 saturated carbocycles. The minimum absolute atomic E-state index is 0.0691. The Morgan fingerprint density at radius 2 is 1.83 bits per heavy atom. The number of esters is 1. The van der Waals surface area contributed by atoms with Gasteiger partial charge in [0, 0.05) is 5.56 Å². The number of carbonyl (C=O) groups is 3. The Kier molecular flexibility index (Phi) is 6.97. The molecule has 1 atom stereocenters. The summed E-state index contributed by atoms with van der Waals surface area (Å²) in [4.78, 5) is 44.8. The molecule has 35 heavy (non-hydrogen) atoms. The van der Waals surface area contributed by atoms with Crippen LogP contribution in [0.3, 0.4) is 0 Å². The standard InChI is InChI=1S/C26H24N2O6S/c1-4-33-18-13-9-12-17(14-18)21(29)19-20(16-10-7-6-8-11-16)28(24(31)22(19)30)26-27-15(3)23(35-26)25(32)34-5-2/h6-14,20,29H,4-5H2,1-3H3. The molecule has 1 fully saturated rings. The summed E-state index contributed by atoms with van der Waals surface area (Å²) >= 11 is 0.971. The Hall–Kier alpha value is -3.98. The number of hydrogen-bond acceptors (Lipinski definition) is 8. The molecule has 3 aromatic rings. The van der Waals surface area contributed by atoms with Gasteiger partial charge in [0.15, 0.2) is 5.13 Å². The molecule has 8 nitrogen and oxygen atoms in total. The van der Waals surface area contributed by atoms with Gasteiger partial charge in [-0.25, -0.2) is 9.78 Å². The number of carbonyl (C=O) groups excluding carboxylic acids is 3. The van der Waals surface area contributed by atoms with E-state index in [1.165, 1.54) is 4.90 Å². The number of amides is 1. The van der Waals surface area contributed by atoms with Gasteiger partial charge in [0.1, 0.15) is 16.4 Å². The van der Waals surface area contributed by atoms with Crippen LogP contribution in [-0.2, 0) is 14.3 Å². The predicted octanol–water partition coefficient (Wildman–Crippen LogP) is 4.65. The van der Waals surface area contributed by atoms with Crippen molar-refractivity contribution in [2.24, 2.45) is 0 Å². The van der Waals surface area contributed by atoms with Crippen LogP contribution in [0.1, 0.15) is 46.4 Å². The lowest BCUT2D eigenvalue weighted by Crippen LogP contribution is -2.29. The van der Waals surface area contributed by atoms with Crippen molar-refractivity contribution in [1.29, 1.82) is 0 Å². The molecule has 4 rings (SSSR count). The highest BCUT2D eigenvalue weighted by Gasteiger charge is 2.48. The SMILES string of the molecule is CCOC(=O)c1sc(N2C(=O)C(=O)C(=C(O)c3cccc(OCC)c3)C2c2ccccc2)nc1C. The van der Waals surface area contributed by atoms with Crippen molar-refractivity contribution in [1.82, 2.24) is 4.98 Å². The molecule has 1 N–H and O–H groups in total. The number of hydrogen-bond donors (Lipinski definition) is 1. The largest absolute Gasteiger partial charge is 0.507 e. The minimum atomic E-state index is -0.937. The quantitative estimate of drug-likeness (QED) is 0.221. The van der Waals surface area contributed by atoms with Crippen LogP contribution in [0.5, 0.6) is 5.75 Å². The molecule has 1 aromatic heterocycles. The van der Waals surface area contributed by atoms with Gasteiger partial charge in [-0.1, -0.05) is 53.8 Å². The lowest BCUT2D eigenvalue weighted by atomic mass is 9.95. The summed E-state index contributed by atoms with van der Waals surface area (Å²) in [7, 11) is 0. The number of ether oxygens (including phenoxy) is 2. The van der Waals surface area contributed by atoms with Gasteiger partial charge in [0.25, 0.3) is 5.78 Å². The van der Waals surface area contributed by atoms with E-state index < -0.39 is 23.7 Å². The van der Waals surface area contributed by atoms with Gasteiger partial charge in [-0.2, -0.15) is 0 Å². The molecule has 0 aliphatic carbocycles. The van der Waals surface area contributed by atoms with Crippen LogP contribution < -0.4 is 9.64 Å². The summed E-state index contributed by atoms with van der Waals surface area (Å²) in [5, 5.41) is 11.4. The van der Waals surface area contributed by atoms with Crippen molar-refractivity contribution in [2.75, 3.05) is 18.1 Å². The van der Waals surface area contributed by atoms with Crippen molar-refractivity contribution < 1.29 is 29.0 Å². The maximum atomic E-state index is 13.3. The zero-order chi connectivity index (χ0) is 25.1. The summed E-state index contributed by atoms with van der Waals surface area (Å²) in [6.07, 6.45) is 0. The molecule has 1 amide bonds. The maximum absolute atomic E-state index is 13.3. The van der Waals surface area contributed by atoms with Crippen LogP contribution in [-0.4, -0.2) is 41.0 Å². The van der Waals surface area contributed by atoms with Crippen molar-refractivity contribution in [3.8, 4) is 5.75 Å². The van der Waals surface area contributed by atoms with E-state index in [1.54, 1.807) is 62.4 Å². The third-order valence-corrected chi connectivity index (χ3v) is 6.57. The Morgan fingerprint density at radius 3 is 2.51 bits per heavy atom. The van der Waals surface area contributed by atoms with Crippen molar-refractivity contribution in [2.45, 2.75) is 26.8 Å². The Labute approximate surface area is 206 Å². The van der Waals surface area contributed by atoms with E-state index >= 15 is 0 Å². The lowest BCUT2D eigenvalue weighted by Gasteiger charge is -2.23. The summed E-state index contributed by atoms with van der Waals surface area (Å²) < 4.78 is 10.6. The number of aryl methyl sites for hydroxylation is 1. The average molecular weight is 493 g/mol. The second-order valence-corrected chi connectivity index (χ2v) is 8.65. The first kappa shape index (κ1) is 24.2. The van der Waals surface area contributed by atoms with E-state index in [0.717, 1.165) is 11.3 Å². The molecule has 180 valence electrons. The molecule has 1 aliphatic rings. The van der Waals surface area contributed by atoms with Gasteiger partial charge >= 0.3 is 11.9 Å². The van der Waals surface area contributed by atoms with Crippen LogP contribution in [0.2, 0.25) is 0 Å². The van der Waals surface area contributed by atoms with E-state index in [-0.39, 0.29) is 27.9 Å². The van der Waals surface area contributed by atoms with E-state index in [1.807, 2.05) is 13.0 Å². The second kappa shape index (κ2) is 10.1. The summed E-state index contributed by atoms with van der Waals surface area (Å²) in [6.45, 7) is 5.81. The Balaban J connectivity index is 1.88. The average Bonchev–Trinajstić information content (AvgIpc) is 3.36. The fourth-order valence-corrected chi connectivity index (χ4v) is 4.89. The molecule has 0 spiro atoms. The zero-order valence-electron chi connectivity index (χ0n) is 19.5. The van der Waals surface area contributed by atoms with Gasteiger partial charge in [-0.05, 0) is 38.5 Å². The summed E-state index contributed by atoms with van der Waals surface area (Å²) in [5.41, 5.74) is 1.28. The van der Waals surface area contributed by atoms with Gasteiger partial charge in [0.05, 0.1) is 30.5 Å². The molecule has 0 radical (unpaired) electrons. The number of nitrogens with zero attached hydrogens (tertiary/aromatic N) is 2. The molecule has 9 heteroatoms. The first-order valence-corrected chi connectivity index (χ1v) is 11.9. The number of aromatic nitrogens is 1. The smallest absolute Gasteiger partial charge is 0.350 e. The summed E-state index contributed by atoms with van der Waals surface area (Å²) in [5.74, 6) is -2.03. The first-order chi connectivity index (χ1) is 16.9. The molecular formula is C26H24N2O6S. The summed E-state index contributed by atoms with van der Waals surface area (Å²) in [6, 6.07) is 14.7. The molecule has 1 unspecified atom stereocenters. The number of Topliss-reactive ketones (excluding diaryl/α,β-unsaturated/α-hetero) is 1. The van der Waals surface area contributed by atoms with E-state index in [0.29, 0.717) is 29.2 Å². The third kappa shape index (κ3) is 4.54. The van der Waals surface area contributed by atoms with Crippen LogP contribution in [0.4, 0.5) is 5.13 Å². The molecular weight excluding hydrogens is 468 g/mol. The number of aliphatic hydroxyl groups is 1. The van der Waals surface area contributed by atoms with Crippen molar-refractivity contribution in [3.05, 3.63) is 81.9 Å². The second-order valence-electron chi connectivity index (χ2n) is 7.67. The molecule has 1 saturated heterocycles. The Morgan fingerprint density at radius 1 is 1.09 bits per heavy atom. The zero-order valence-corrected chi connectivity index (χ0v) is 20.3. The maximum Gasteiger partial charge on any atom is 0.350 e. The fourth-order valence-electron chi connectivity index (χ4n) is 3.91. The number of anilines is 1. The number of ketones is 1. The van der Waals surface area contributed by atoms with E-state index in [2.05, 4.69) is 4.98 Å². The molecule has 1 aliphatic heterocycles. The third-order valence-electron chi connectivity index (χ3n) is 5.43. The van der Waals surface area contributed by atoms with E-state index in [9.17, 15) is 19.5 Å². The highest BCUT2D eigenvalue weighted by Crippen LogP contribution is 2.44. The lowest BCUT2D eigenvalue weighted by molar-refractivity contribution is -0.132. The number of aliphatic hydroxyl groups excluding tert-OH is 1. The van der Waals surface area contributed by atoms with Crippen molar-refractivity contribution >= 4 is 39.9 Å². The molecule has 2 aromatic carbocycles. The van der Waals surface area contributed by atoms with Gasteiger partial charge in [-0.15, -0.1) is 0 Å². The topological polar surface area (TPSA) is 106 Å². The van der Waals surface area contributed by atoms with Crippen LogP contribution in [0, 0.1) is 6.92 Å². The van der Waals surface area contributed by atoms with E-state index in [4.69, 9.17) is 9.47 Å². The Bertz CT molecular complexity index is 1310. The van der Waals surface area contributed by atoms with Crippen molar-refractivity contribution in [3.63, 3.8) is 0 Å². The highest BCUT2D eigenvalue weighted by molar-refractivity contribution is 7.17. The highest BCUT2D eigenvalue weighted by atomic mass is 32.1. The van der Waals surface area contributed by atoms with Gasteiger partial charge in [0.2, 0.25) is 0 Å². The van der Waals surface area contributed by atoms with Gasteiger partial charge < -0.3 is 14.6 Å². The minimum Gasteiger partial charge on any atom is -0.507 e. The fraction of sp³-hybridized carbons (Fsp3) is 0.231. The number of benzene rings is 2. The number of rotatable bonds is 7. The predicted molar refractivity (Wildman–Crippen MR) is 132 cm³/mol. The molecule has 0 bridgehead atoms. The normalized spacial score (nSPS) is 17.0. The molecule has 2 heterocycles. The van der Waals surface area contributed by atoms with Gasteiger partial charge in [-0.3, -0.25) is 14.5 Å².